The van der Waals surface area contributed by atoms with Gasteiger partial charge in [-0.25, -0.2) is 4.98 Å². The van der Waals surface area contributed by atoms with Crippen LogP contribution in [0, 0.1) is 12.8 Å². The fourth-order valence-electron chi connectivity index (χ4n) is 5.49. The summed E-state index contributed by atoms with van der Waals surface area (Å²) in [6, 6.07) is 11.6. The molecule has 5 rings (SSSR count). The molecule has 1 saturated heterocycles. The van der Waals surface area contributed by atoms with E-state index in [0.29, 0.717) is 30.6 Å². The summed E-state index contributed by atoms with van der Waals surface area (Å²) in [5.41, 5.74) is 5.71. The van der Waals surface area contributed by atoms with E-state index in [1.54, 1.807) is 33.5 Å². The molecule has 9 heteroatoms. The normalized spacial score (nSPS) is 17.7. The fourth-order valence-corrected chi connectivity index (χ4v) is 6.29. The number of rotatable bonds is 7. The highest BCUT2D eigenvalue weighted by Gasteiger charge is 2.43. The summed E-state index contributed by atoms with van der Waals surface area (Å²) in [7, 11) is 0. The number of thiazole rings is 1. The number of carbonyl (C=O) groups excluding carboxylic acids is 3. The van der Waals surface area contributed by atoms with Gasteiger partial charge in [0.15, 0.2) is 0 Å². The van der Waals surface area contributed by atoms with Gasteiger partial charge in [0.2, 0.25) is 11.8 Å². The predicted octanol–water partition coefficient (Wildman–Crippen LogP) is 4.11. The molecule has 0 bridgehead atoms. The van der Waals surface area contributed by atoms with E-state index in [1.165, 1.54) is 11.3 Å². The standard InChI is InChI=1S/C29H32N4O4S/c1-17(2)25(33-15-21-7-4-5-8-22(21)28(33)36)29(37)32-12-6-9-23(32)27(35)30-14-20-11-10-19(13-24(20)34)26-18(3)31-16-38-26/h4-5,7-8,10-11,13,16-17,23,25,34H,6,9,12,14-15H2,1-3H3,(H,30,35). The number of fused-ring (bicyclic) bond motifs is 1. The zero-order chi connectivity index (χ0) is 27.0. The number of nitrogens with zero attached hydrogens (tertiary/aromatic N) is 3. The van der Waals surface area contributed by atoms with Gasteiger partial charge in [-0.15, -0.1) is 11.3 Å². The van der Waals surface area contributed by atoms with Crippen LogP contribution in [0.5, 0.6) is 5.75 Å². The number of carbonyl (C=O) groups is 3. The van der Waals surface area contributed by atoms with Crippen LogP contribution in [0.15, 0.2) is 48.0 Å². The molecule has 0 aliphatic carbocycles. The van der Waals surface area contributed by atoms with Crippen molar-refractivity contribution in [3.05, 3.63) is 70.4 Å². The Morgan fingerprint density at radius 2 is 2.00 bits per heavy atom. The number of hydrogen-bond acceptors (Lipinski definition) is 6. The van der Waals surface area contributed by atoms with Crippen molar-refractivity contribution in [1.82, 2.24) is 20.1 Å². The molecule has 2 aliphatic heterocycles. The summed E-state index contributed by atoms with van der Waals surface area (Å²) >= 11 is 1.51. The third-order valence-electron chi connectivity index (χ3n) is 7.45. The molecule has 198 valence electrons. The Bertz CT molecular complexity index is 1380. The molecular weight excluding hydrogens is 500 g/mol. The second-order valence-corrected chi connectivity index (χ2v) is 11.2. The topological polar surface area (TPSA) is 103 Å². The van der Waals surface area contributed by atoms with Crippen LogP contribution in [-0.4, -0.2) is 56.2 Å². The van der Waals surface area contributed by atoms with E-state index >= 15 is 0 Å². The minimum absolute atomic E-state index is 0.0990. The van der Waals surface area contributed by atoms with Gasteiger partial charge in [0.1, 0.15) is 17.8 Å². The molecule has 2 aliphatic rings. The van der Waals surface area contributed by atoms with Crippen LogP contribution in [0.2, 0.25) is 0 Å². The van der Waals surface area contributed by atoms with Crippen molar-refractivity contribution in [3.63, 3.8) is 0 Å². The van der Waals surface area contributed by atoms with Crippen molar-refractivity contribution in [2.24, 2.45) is 5.92 Å². The van der Waals surface area contributed by atoms with Crippen molar-refractivity contribution in [3.8, 4) is 16.2 Å². The Morgan fingerprint density at radius 1 is 1.21 bits per heavy atom. The number of phenols is 1. The highest BCUT2D eigenvalue weighted by Crippen LogP contribution is 2.32. The highest BCUT2D eigenvalue weighted by molar-refractivity contribution is 7.13. The first kappa shape index (κ1) is 25.9. The monoisotopic (exact) mass is 532 g/mol. The first-order valence-corrected chi connectivity index (χ1v) is 13.8. The summed E-state index contributed by atoms with van der Waals surface area (Å²) in [5, 5.41) is 13.5. The minimum Gasteiger partial charge on any atom is -0.508 e. The van der Waals surface area contributed by atoms with Crippen LogP contribution < -0.4 is 5.32 Å². The lowest BCUT2D eigenvalue weighted by Crippen LogP contribution is -2.55. The molecule has 38 heavy (non-hydrogen) atoms. The number of benzene rings is 2. The average Bonchev–Trinajstić information content (AvgIpc) is 3.63. The molecule has 3 amide bonds. The Kier molecular flexibility index (Phi) is 7.21. The lowest BCUT2D eigenvalue weighted by Gasteiger charge is -2.35. The van der Waals surface area contributed by atoms with Gasteiger partial charge < -0.3 is 20.2 Å². The summed E-state index contributed by atoms with van der Waals surface area (Å²) in [5.74, 6) is -0.591. The molecule has 0 spiro atoms. The van der Waals surface area contributed by atoms with Gasteiger partial charge in [-0.05, 0) is 48.9 Å². The van der Waals surface area contributed by atoms with E-state index < -0.39 is 12.1 Å². The lowest BCUT2D eigenvalue weighted by molar-refractivity contribution is -0.143. The van der Waals surface area contributed by atoms with Crippen LogP contribution in [0.4, 0.5) is 0 Å². The number of likely N-dealkylation sites (tertiary alicyclic amines) is 1. The Balaban J connectivity index is 1.27. The number of aryl methyl sites for hydroxylation is 1. The van der Waals surface area contributed by atoms with Gasteiger partial charge in [0.05, 0.1) is 16.1 Å². The van der Waals surface area contributed by atoms with Crippen molar-refractivity contribution >= 4 is 29.1 Å². The molecule has 3 aromatic rings. The second kappa shape index (κ2) is 10.6. The van der Waals surface area contributed by atoms with E-state index in [9.17, 15) is 19.5 Å². The van der Waals surface area contributed by atoms with Crippen LogP contribution in [0.3, 0.4) is 0 Å². The molecule has 1 aromatic heterocycles. The summed E-state index contributed by atoms with van der Waals surface area (Å²) < 4.78 is 0. The number of hydrogen-bond donors (Lipinski definition) is 2. The molecule has 2 N–H and O–H groups in total. The number of aromatic hydroxyl groups is 1. The quantitative estimate of drug-likeness (QED) is 0.477. The number of aromatic nitrogens is 1. The molecule has 0 saturated carbocycles. The Morgan fingerprint density at radius 3 is 2.68 bits per heavy atom. The van der Waals surface area contributed by atoms with Gasteiger partial charge in [-0.1, -0.05) is 44.2 Å². The van der Waals surface area contributed by atoms with Gasteiger partial charge in [-0.3, -0.25) is 14.4 Å². The zero-order valence-corrected chi connectivity index (χ0v) is 22.6. The molecule has 8 nitrogen and oxygen atoms in total. The minimum atomic E-state index is -0.643. The van der Waals surface area contributed by atoms with Crippen LogP contribution in [-0.2, 0) is 22.7 Å². The Hall–Kier alpha value is -3.72. The maximum Gasteiger partial charge on any atom is 0.255 e. The third kappa shape index (κ3) is 4.78. The van der Waals surface area contributed by atoms with Gasteiger partial charge in [0, 0.05) is 30.8 Å². The van der Waals surface area contributed by atoms with E-state index in [2.05, 4.69) is 10.3 Å². The van der Waals surface area contributed by atoms with Crippen LogP contribution in [0.1, 0.15) is 53.9 Å². The number of nitrogens with one attached hydrogen (secondary N) is 1. The molecule has 0 radical (unpaired) electrons. The third-order valence-corrected chi connectivity index (χ3v) is 8.43. The summed E-state index contributed by atoms with van der Waals surface area (Å²) in [4.78, 5) is 48.7. The first-order valence-electron chi connectivity index (χ1n) is 13.0. The van der Waals surface area contributed by atoms with Crippen molar-refractivity contribution in [2.75, 3.05) is 6.54 Å². The summed E-state index contributed by atoms with van der Waals surface area (Å²) in [6.07, 6.45) is 1.28. The maximum atomic E-state index is 13.8. The van der Waals surface area contributed by atoms with Crippen molar-refractivity contribution in [1.29, 1.82) is 0 Å². The van der Waals surface area contributed by atoms with Gasteiger partial charge in [-0.2, -0.15) is 0 Å². The molecule has 3 heterocycles. The number of amides is 3. The van der Waals surface area contributed by atoms with Gasteiger partial charge in [0.25, 0.3) is 5.91 Å². The number of phenolic OH excluding ortho intramolecular Hbond substituents is 1. The average molecular weight is 533 g/mol. The maximum absolute atomic E-state index is 13.8. The second-order valence-electron chi connectivity index (χ2n) is 10.3. The molecular formula is C29H32N4O4S. The summed E-state index contributed by atoms with van der Waals surface area (Å²) in [6.45, 7) is 6.81. The van der Waals surface area contributed by atoms with Crippen molar-refractivity contribution < 1.29 is 19.5 Å². The lowest BCUT2D eigenvalue weighted by atomic mass is 10.0. The van der Waals surface area contributed by atoms with E-state index in [-0.39, 0.29) is 35.9 Å². The van der Waals surface area contributed by atoms with E-state index in [0.717, 1.165) is 28.1 Å². The Labute approximate surface area is 226 Å². The first-order chi connectivity index (χ1) is 18.3. The predicted molar refractivity (Wildman–Crippen MR) is 145 cm³/mol. The fraction of sp³-hybridized carbons (Fsp3) is 0.379. The molecule has 2 atom stereocenters. The molecule has 2 aromatic carbocycles. The SMILES string of the molecule is Cc1ncsc1-c1ccc(CNC(=O)C2CCCN2C(=O)C(C(C)C)N2Cc3ccccc3C2=O)c(O)c1. The smallest absolute Gasteiger partial charge is 0.255 e. The van der Waals surface area contributed by atoms with Gasteiger partial charge >= 0.3 is 0 Å². The molecule has 2 unspecified atom stereocenters. The van der Waals surface area contributed by atoms with Crippen molar-refractivity contribution in [2.45, 2.75) is 58.8 Å². The molecule has 1 fully saturated rings. The largest absolute Gasteiger partial charge is 0.508 e. The van der Waals surface area contributed by atoms with E-state index in [1.807, 2.05) is 45.0 Å². The zero-order valence-electron chi connectivity index (χ0n) is 21.8. The van der Waals surface area contributed by atoms with Crippen LogP contribution >= 0.6 is 11.3 Å². The highest BCUT2D eigenvalue weighted by atomic mass is 32.1. The van der Waals surface area contributed by atoms with Crippen LogP contribution in [0.25, 0.3) is 10.4 Å². The van der Waals surface area contributed by atoms with E-state index in [4.69, 9.17) is 0 Å².